The molecule has 0 radical (unpaired) electrons. The monoisotopic (exact) mass is 289 g/mol. The first kappa shape index (κ1) is 14.1. The van der Waals surface area contributed by atoms with E-state index in [2.05, 4.69) is 33.8 Å². The Hall–Kier alpha value is -0.890. The molecule has 3 rings (SSSR count). The first-order valence-corrected chi connectivity index (χ1v) is 8.62. The molecule has 108 valence electrons. The molecule has 2 atom stereocenters. The molecule has 2 heterocycles. The van der Waals surface area contributed by atoms with Crippen LogP contribution >= 0.6 is 11.3 Å². The van der Waals surface area contributed by atoms with Crippen LogP contribution in [-0.4, -0.2) is 36.6 Å². The van der Waals surface area contributed by atoms with Crippen molar-refractivity contribution >= 4 is 11.3 Å². The van der Waals surface area contributed by atoms with Crippen LogP contribution in [0.4, 0.5) is 0 Å². The number of likely N-dealkylation sites (tertiary alicyclic amines) is 1. The van der Waals surface area contributed by atoms with Crippen LogP contribution in [0.25, 0.3) is 0 Å². The van der Waals surface area contributed by atoms with Crippen LogP contribution in [0, 0.1) is 11.3 Å². The second-order valence-electron chi connectivity index (χ2n) is 6.15. The van der Waals surface area contributed by atoms with Gasteiger partial charge in [-0.3, -0.25) is 4.90 Å². The Morgan fingerprint density at radius 1 is 1.30 bits per heavy atom. The molecule has 0 bridgehead atoms. The SMILES string of the molecule is N#CCN1CC(NC2CCCC2)CC(c2cccs2)C1. The van der Waals surface area contributed by atoms with Gasteiger partial charge in [0.2, 0.25) is 0 Å². The van der Waals surface area contributed by atoms with Crippen LogP contribution in [0.15, 0.2) is 17.5 Å². The number of nitrogens with one attached hydrogen (secondary N) is 1. The van der Waals surface area contributed by atoms with Gasteiger partial charge >= 0.3 is 0 Å². The van der Waals surface area contributed by atoms with Gasteiger partial charge in [0, 0.05) is 36.0 Å². The molecule has 3 nitrogen and oxygen atoms in total. The van der Waals surface area contributed by atoms with Gasteiger partial charge in [-0.1, -0.05) is 18.9 Å². The van der Waals surface area contributed by atoms with Gasteiger partial charge < -0.3 is 5.32 Å². The summed E-state index contributed by atoms with van der Waals surface area (Å²) in [5.74, 6) is 0.594. The van der Waals surface area contributed by atoms with Crippen molar-refractivity contribution in [2.24, 2.45) is 0 Å². The van der Waals surface area contributed by atoms with Crippen LogP contribution < -0.4 is 5.32 Å². The lowest BCUT2D eigenvalue weighted by Crippen LogP contribution is -2.50. The summed E-state index contributed by atoms with van der Waals surface area (Å²) in [7, 11) is 0. The molecule has 1 aliphatic carbocycles. The van der Waals surface area contributed by atoms with E-state index in [0.29, 0.717) is 24.5 Å². The summed E-state index contributed by atoms with van der Waals surface area (Å²) >= 11 is 1.86. The Labute approximate surface area is 125 Å². The topological polar surface area (TPSA) is 39.1 Å². The van der Waals surface area contributed by atoms with Crippen LogP contribution in [0.3, 0.4) is 0 Å². The van der Waals surface area contributed by atoms with Crippen molar-refractivity contribution in [1.82, 2.24) is 10.2 Å². The average molecular weight is 289 g/mol. The summed E-state index contributed by atoms with van der Waals surface area (Å²) in [5, 5.41) is 15.0. The molecule has 0 amide bonds. The molecule has 1 N–H and O–H groups in total. The quantitative estimate of drug-likeness (QED) is 0.866. The van der Waals surface area contributed by atoms with Gasteiger partial charge in [-0.25, -0.2) is 0 Å². The Morgan fingerprint density at radius 3 is 2.85 bits per heavy atom. The Bertz CT molecular complexity index is 445. The van der Waals surface area contributed by atoms with Crippen LogP contribution in [0.2, 0.25) is 0 Å². The molecule has 1 saturated carbocycles. The molecule has 2 aliphatic rings. The first-order chi connectivity index (χ1) is 9.85. The molecule has 2 unspecified atom stereocenters. The molecule has 0 spiro atoms. The van der Waals surface area contributed by atoms with Crippen molar-refractivity contribution < 1.29 is 0 Å². The minimum atomic E-state index is 0.548. The fraction of sp³-hybridized carbons (Fsp3) is 0.688. The Morgan fingerprint density at radius 2 is 2.15 bits per heavy atom. The van der Waals surface area contributed by atoms with Crippen molar-refractivity contribution in [3.8, 4) is 6.07 Å². The van der Waals surface area contributed by atoms with Crippen molar-refractivity contribution in [2.75, 3.05) is 19.6 Å². The summed E-state index contributed by atoms with van der Waals surface area (Å²) in [4.78, 5) is 3.80. The van der Waals surface area contributed by atoms with Crippen LogP contribution in [0.1, 0.15) is 42.9 Å². The van der Waals surface area contributed by atoms with E-state index in [-0.39, 0.29) is 0 Å². The lowest BCUT2D eigenvalue weighted by atomic mass is 9.92. The highest BCUT2D eigenvalue weighted by Gasteiger charge is 2.30. The third-order valence-corrected chi connectivity index (χ3v) is 5.63. The molecule has 2 fully saturated rings. The van der Waals surface area contributed by atoms with E-state index in [1.54, 1.807) is 0 Å². The number of hydrogen-bond acceptors (Lipinski definition) is 4. The normalized spacial score (nSPS) is 28.6. The van der Waals surface area contributed by atoms with Gasteiger partial charge in [0.05, 0.1) is 12.6 Å². The van der Waals surface area contributed by atoms with E-state index >= 15 is 0 Å². The van der Waals surface area contributed by atoms with Crippen molar-refractivity contribution in [3.63, 3.8) is 0 Å². The van der Waals surface area contributed by atoms with Crippen LogP contribution in [0.5, 0.6) is 0 Å². The predicted molar refractivity (Wildman–Crippen MR) is 82.9 cm³/mol. The van der Waals surface area contributed by atoms with E-state index < -0.39 is 0 Å². The second-order valence-corrected chi connectivity index (χ2v) is 7.12. The van der Waals surface area contributed by atoms with Gasteiger partial charge in [0.1, 0.15) is 0 Å². The molecule has 1 aromatic rings. The smallest absolute Gasteiger partial charge is 0.0866 e. The third kappa shape index (κ3) is 3.41. The zero-order valence-corrected chi connectivity index (χ0v) is 12.7. The van der Waals surface area contributed by atoms with Gasteiger partial charge in [0.15, 0.2) is 0 Å². The maximum Gasteiger partial charge on any atom is 0.0866 e. The van der Waals surface area contributed by atoms with E-state index in [1.165, 1.54) is 37.0 Å². The molecular formula is C16H23N3S. The fourth-order valence-corrected chi connectivity index (χ4v) is 4.53. The molecule has 4 heteroatoms. The highest BCUT2D eigenvalue weighted by molar-refractivity contribution is 7.10. The van der Waals surface area contributed by atoms with Gasteiger partial charge in [-0.05, 0) is 30.7 Å². The number of piperidine rings is 1. The number of nitriles is 1. The van der Waals surface area contributed by atoms with Crippen molar-refractivity contribution in [1.29, 1.82) is 5.26 Å². The fourth-order valence-electron chi connectivity index (χ4n) is 3.70. The number of hydrogen-bond donors (Lipinski definition) is 1. The summed E-state index contributed by atoms with van der Waals surface area (Å²) in [6.07, 6.45) is 6.64. The van der Waals surface area contributed by atoms with Gasteiger partial charge in [0.25, 0.3) is 0 Å². The van der Waals surface area contributed by atoms with E-state index in [9.17, 15) is 0 Å². The van der Waals surface area contributed by atoms with Gasteiger partial charge in [-0.15, -0.1) is 11.3 Å². The molecule has 0 aromatic carbocycles. The van der Waals surface area contributed by atoms with Gasteiger partial charge in [-0.2, -0.15) is 5.26 Å². The summed E-state index contributed by atoms with van der Waals surface area (Å²) in [5.41, 5.74) is 0. The van der Waals surface area contributed by atoms with E-state index in [1.807, 2.05) is 11.3 Å². The molecule has 1 aromatic heterocycles. The first-order valence-electron chi connectivity index (χ1n) is 7.74. The maximum absolute atomic E-state index is 9.00. The minimum Gasteiger partial charge on any atom is -0.310 e. The number of rotatable bonds is 4. The zero-order valence-electron chi connectivity index (χ0n) is 11.9. The number of nitrogens with zero attached hydrogens (tertiary/aromatic N) is 2. The molecule has 1 aliphatic heterocycles. The second kappa shape index (κ2) is 6.71. The highest BCUT2D eigenvalue weighted by Crippen LogP contribution is 2.31. The summed E-state index contributed by atoms with van der Waals surface area (Å²) < 4.78 is 0. The third-order valence-electron chi connectivity index (χ3n) is 4.59. The molecular weight excluding hydrogens is 266 g/mol. The predicted octanol–water partition coefficient (Wildman–Crippen LogP) is 2.96. The molecule has 20 heavy (non-hydrogen) atoms. The average Bonchev–Trinajstić information content (AvgIpc) is 3.11. The van der Waals surface area contributed by atoms with Crippen molar-refractivity contribution in [3.05, 3.63) is 22.4 Å². The van der Waals surface area contributed by atoms with E-state index in [4.69, 9.17) is 5.26 Å². The maximum atomic E-state index is 9.00. The van der Waals surface area contributed by atoms with E-state index in [0.717, 1.165) is 13.1 Å². The number of thiophene rings is 1. The summed E-state index contributed by atoms with van der Waals surface area (Å²) in [6.45, 7) is 2.63. The zero-order chi connectivity index (χ0) is 13.8. The standard InChI is InChI=1S/C16H23N3S/c17-7-8-19-11-13(16-6-3-9-20-16)10-15(12-19)18-14-4-1-2-5-14/h3,6,9,13-15,18H,1-2,4-5,8,10-12H2. The summed E-state index contributed by atoms with van der Waals surface area (Å²) in [6, 6.07) is 7.97. The lowest BCUT2D eigenvalue weighted by Gasteiger charge is -2.38. The molecule has 1 saturated heterocycles. The Balaban J connectivity index is 1.65. The minimum absolute atomic E-state index is 0.548. The van der Waals surface area contributed by atoms with Crippen LogP contribution in [-0.2, 0) is 0 Å². The highest BCUT2D eigenvalue weighted by atomic mass is 32.1. The lowest BCUT2D eigenvalue weighted by molar-refractivity contribution is 0.181. The largest absolute Gasteiger partial charge is 0.310 e. The Kier molecular flexibility index (Phi) is 4.72. The van der Waals surface area contributed by atoms with Crippen molar-refractivity contribution in [2.45, 2.75) is 50.1 Å².